The average Bonchev–Trinajstić information content (AvgIpc) is 0.953. The first-order chi connectivity index (χ1) is 48.6. The smallest absolute Gasteiger partial charge is 0.462 e. The monoisotopic (exact) mass is 1480 g/mol. The van der Waals surface area contributed by atoms with Crippen LogP contribution in [-0.2, 0) is 65.4 Å². The quantitative estimate of drug-likeness (QED) is 0.0222. The van der Waals surface area contributed by atoms with Gasteiger partial charge in [-0.25, -0.2) is 9.13 Å². The van der Waals surface area contributed by atoms with Gasteiger partial charge < -0.3 is 33.8 Å². The highest BCUT2D eigenvalue weighted by atomic mass is 31.2. The maximum Gasteiger partial charge on any atom is 0.472 e. The van der Waals surface area contributed by atoms with Crippen LogP contribution in [0.15, 0.2) is 0 Å². The molecule has 0 radical (unpaired) electrons. The number of hydrogen-bond donors (Lipinski definition) is 3. The number of phosphoric acid groups is 2. The van der Waals surface area contributed by atoms with Crippen LogP contribution in [0, 0.1) is 23.7 Å². The molecule has 0 spiro atoms. The molecule has 3 unspecified atom stereocenters. The third-order valence-corrected chi connectivity index (χ3v) is 21.3. The molecule has 0 saturated carbocycles. The fraction of sp³-hybridized carbons (Fsp3) is 0.951. The van der Waals surface area contributed by atoms with E-state index in [1.807, 2.05) is 0 Å². The van der Waals surface area contributed by atoms with Gasteiger partial charge in [0.1, 0.15) is 19.3 Å². The summed E-state index contributed by atoms with van der Waals surface area (Å²) in [5, 5.41) is 10.6. The van der Waals surface area contributed by atoms with Gasteiger partial charge in [0.2, 0.25) is 0 Å². The van der Waals surface area contributed by atoms with E-state index in [1.54, 1.807) is 0 Å². The number of carbonyl (C=O) groups excluding carboxylic acids is 4. The molecule has 0 aromatic heterocycles. The standard InChI is InChI=1S/C82H160O17P2/c1-9-75(8)61-53-45-36-30-24-18-14-12-10-11-13-15-19-25-31-37-46-54-62-79(84)92-68-77(98-81(86)64-56-48-38-32-26-20-16-17-22-28-34-42-50-58-72(2)3)70-96-100(88,89)94-66-76(83)67-95-101(90,91)97-71-78(69-93-80(85)63-55-47-41-40-44-52-60-74(6)7)99-82(87)65-57-49-39-33-27-21-23-29-35-43-51-59-73(4)5/h72-78,83H,9-71H2,1-8H3,(H,88,89)(H,90,91)/t75?,76-,77-,78-/m1/s1. The number of carbonyl (C=O) groups is 4. The van der Waals surface area contributed by atoms with Gasteiger partial charge in [-0.3, -0.25) is 37.3 Å². The summed E-state index contributed by atoms with van der Waals surface area (Å²) in [7, 11) is -9.92. The van der Waals surface area contributed by atoms with Crippen LogP contribution in [0.25, 0.3) is 0 Å². The Morgan fingerprint density at radius 2 is 0.475 bits per heavy atom. The molecule has 0 aromatic rings. The van der Waals surface area contributed by atoms with Crippen molar-refractivity contribution in [2.45, 2.75) is 440 Å². The molecule has 600 valence electrons. The molecule has 17 nitrogen and oxygen atoms in total. The van der Waals surface area contributed by atoms with E-state index < -0.39 is 97.5 Å². The highest BCUT2D eigenvalue weighted by Crippen LogP contribution is 2.45. The van der Waals surface area contributed by atoms with Crippen LogP contribution in [0.1, 0.15) is 421 Å². The predicted molar refractivity (Wildman–Crippen MR) is 414 cm³/mol. The lowest BCUT2D eigenvalue weighted by atomic mass is 9.99. The lowest BCUT2D eigenvalue weighted by molar-refractivity contribution is -0.161. The third kappa shape index (κ3) is 74.7. The largest absolute Gasteiger partial charge is 0.472 e. The topological polar surface area (TPSA) is 237 Å². The van der Waals surface area contributed by atoms with E-state index in [2.05, 4.69) is 55.4 Å². The van der Waals surface area contributed by atoms with Gasteiger partial charge in [-0.1, -0.05) is 370 Å². The van der Waals surface area contributed by atoms with Crippen LogP contribution in [0.4, 0.5) is 0 Å². The highest BCUT2D eigenvalue weighted by Gasteiger charge is 2.30. The Bertz CT molecular complexity index is 1970. The number of esters is 4. The number of rotatable bonds is 79. The van der Waals surface area contributed by atoms with Gasteiger partial charge in [0.15, 0.2) is 12.2 Å². The second kappa shape index (κ2) is 71.0. The number of ether oxygens (including phenoxy) is 4. The maximum atomic E-state index is 13.1. The van der Waals surface area contributed by atoms with E-state index in [0.29, 0.717) is 31.6 Å². The van der Waals surface area contributed by atoms with E-state index >= 15 is 0 Å². The minimum Gasteiger partial charge on any atom is -0.462 e. The zero-order valence-corrected chi connectivity index (χ0v) is 68.3. The van der Waals surface area contributed by atoms with Crippen molar-refractivity contribution in [2.75, 3.05) is 39.6 Å². The Labute approximate surface area is 619 Å². The van der Waals surface area contributed by atoms with E-state index in [1.165, 1.54) is 218 Å². The molecular weight excluding hydrogens is 1320 g/mol. The predicted octanol–water partition coefficient (Wildman–Crippen LogP) is 24.4. The van der Waals surface area contributed by atoms with Crippen LogP contribution in [0.3, 0.4) is 0 Å². The third-order valence-electron chi connectivity index (χ3n) is 19.4. The Kier molecular flexibility index (Phi) is 69.6. The summed E-state index contributed by atoms with van der Waals surface area (Å²) >= 11 is 0. The molecule has 0 aliphatic rings. The van der Waals surface area contributed by atoms with E-state index in [9.17, 15) is 43.2 Å². The van der Waals surface area contributed by atoms with E-state index in [0.717, 1.165) is 114 Å². The van der Waals surface area contributed by atoms with Gasteiger partial charge in [0.25, 0.3) is 0 Å². The number of phosphoric ester groups is 2. The van der Waals surface area contributed by atoms with Gasteiger partial charge in [-0.15, -0.1) is 0 Å². The molecule has 0 aromatic carbocycles. The molecule has 0 rings (SSSR count). The van der Waals surface area contributed by atoms with Crippen molar-refractivity contribution in [3.63, 3.8) is 0 Å². The lowest BCUT2D eigenvalue weighted by Crippen LogP contribution is -2.30. The molecule has 0 fully saturated rings. The highest BCUT2D eigenvalue weighted by molar-refractivity contribution is 7.47. The molecule has 0 aliphatic heterocycles. The summed E-state index contributed by atoms with van der Waals surface area (Å²) in [5.41, 5.74) is 0. The Balaban J connectivity index is 5.19. The second-order valence-electron chi connectivity index (χ2n) is 31.2. The second-order valence-corrected chi connectivity index (χ2v) is 34.1. The van der Waals surface area contributed by atoms with Crippen molar-refractivity contribution in [3.05, 3.63) is 0 Å². The van der Waals surface area contributed by atoms with Crippen molar-refractivity contribution in [1.82, 2.24) is 0 Å². The first-order valence-corrected chi connectivity index (χ1v) is 45.2. The molecule has 0 saturated heterocycles. The van der Waals surface area contributed by atoms with Crippen LogP contribution < -0.4 is 0 Å². The maximum absolute atomic E-state index is 13.1. The lowest BCUT2D eigenvalue weighted by Gasteiger charge is -2.21. The summed E-state index contributed by atoms with van der Waals surface area (Å²) in [4.78, 5) is 73.0. The summed E-state index contributed by atoms with van der Waals surface area (Å²) in [6.45, 7) is 14.2. The molecule has 0 aliphatic carbocycles. The SMILES string of the molecule is CCC(C)CCCCCCCCCCCCCCCCCCCCC(=O)OC[C@H](COP(=O)(O)OC[C@@H](O)COP(=O)(O)OC[C@@H](COC(=O)CCCCCCCCC(C)C)OC(=O)CCCCCCCCCCCCCC(C)C)OC(=O)CCCCCCCCCCCCCCCC(C)C. The van der Waals surface area contributed by atoms with E-state index in [-0.39, 0.29) is 25.7 Å². The van der Waals surface area contributed by atoms with Gasteiger partial charge in [0.05, 0.1) is 26.4 Å². The normalized spacial score (nSPS) is 14.3. The van der Waals surface area contributed by atoms with Gasteiger partial charge >= 0.3 is 39.5 Å². The van der Waals surface area contributed by atoms with Crippen molar-refractivity contribution in [1.29, 1.82) is 0 Å². The average molecular weight is 1480 g/mol. The zero-order chi connectivity index (χ0) is 74.6. The molecule has 0 heterocycles. The van der Waals surface area contributed by atoms with Crippen molar-refractivity contribution in [2.24, 2.45) is 23.7 Å². The minimum absolute atomic E-state index is 0.105. The molecular formula is C82H160O17P2. The molecule has 101 heavy (non-hydrogen) atoms. The fourth-order valence-electron chi connectivity index (χ4n) is 12.6. The summed E-state index contributed by atoms with van der Waals surface area (Å²) in [5.74, 6) is 0.989. The molecule has 0 bridgehead atoms. The number of aliphatic hydroxyl groups excluding tert-OH is 1. The van der Waals surface area contributed by atoms with Crippen molar-refractivity contribution in [3.8, 4) is 0 Å². The minimum atomic E-state index is -4.96. The van der Waals surface area contributed by atoms with Crippen molar-refractivity contribution < 1.29 is 80.2 Å². The zero-order valence-electron chi connectivity index (χ0n) is 66.5. The number of hydrogen-bond acceptors (Lipinski definition) is 15. The first-order valence-electron chi connectivity index (χ1n) is 42.2. The summed E-state index contributed by atoms with van der Waals surface area (Å²) < 4.78 is 68.7. The van der Waals surface area contributed by atoms with Crippen LogP contribution >= 0.6 is 15.6 Å². The molecule has 19 heteroatoms. The molecule has 0 amide bonds. The van der Waals surface area contributed by atoms with E-state index in [4.69, 9.17) is 37.0 Å². The summed E-state index contributed by atoms with van der Waals surface area (Å²) in [6, 6.07) is 0. The van der Waals surface area contributed by atoms with Gasteiger partial charge in [-0.05, 0) is 49.4 Å². The fourth-order valence-corrected chi connectivity index (χ4v) is 14.2. The molecule has 6 atom stereocenters. The Morgan fingerprint density at radius 1 is 0.277 bits per heavy atom. The Morgan fingerprint density at radius 3 is 0.703 bits per heavy atom. The van der Waals surface area contributed by atoms with Crippen LogP contribution in [0.2, 0.25) is 0 Å². The van der Waals surface area contributed by atoms with Gasteiger partial charge in [-0.2, -0.15) is 0 Å². The van der Waals surface area contributed by atoms with Crippen molar-refractivity contribution >= 4 is 39.5 Å². The first kappa shape index (κ1) is 99.1. The Hall–Kier alpha value is -1.94. The summed E-state index contributed by atoms with van der Waals surface area (Å²) in [6.07, 6.45) is 58.5. The number of aliphatic hydroxyl groups is 1. The van der Waals surface area contributed by atoms with Gasteiger partial charge in [0, 0.05) is 25.7 Å². The molecule has 3 N–H and O–H groups in total. The van der Waals surface area contributed by atoms with Crippen LogP contribution in [-0.4, -0.2) is 96.7 Å². The number of unbranched alkanes of at least 4 members (excludes halogenated alkanes) is 44. The van der Waals surface area contributed by atoms with Crippen LogP contribution in [0.5, 0.6) is 0 Å².